The number of allylic oxidation sites excluding steroid dienone is 1. The van der Waals surface area contributed by atoms with Crippen LogP contribution in [-0.4, -0.2) is 46.9 Å². The number of rotatable bonds is 9. The smallest absolute Gasteiger partial charge is 0.251 e. The average Bonchev–Trinajstić information content (AvgIpc) is 2.71. The summed E-state index contributed by atoms with van der Waals surface area (Å²) in [6.07, 6.45) is 2.25. The van der Waals surface area contributed by atoms with Crippen LogP contribution < -0.4 is 14.8 Å². The maximum Gasteiger partial charge on any atom is 0.251 e. The number of hydrogen-bond acceptors (Lipinski definition) is 5. The SMILES string of the molecule is C=CCc1cc(C(=O)NCc2ccc(S(=O)(=O)N(C)C)cc2)cc(OC)c1OC. The number of ether oxygens (including phenoxy) is 2. The van der Waals surface area contributed by atoms with Gasteiger partial charge in [-0.1, -0.05) is 18.2 Å². The van der Waals surface area contributed by atoms with E-state index in [1.54, 1.807) is 37.5 Å². The van der Waals surface area contributed by atoms with Crippen molar-refractivity contribution >= 4 is 15.9 Å². The second kappa shape index (κ2) is 9.58. The van der Waals surface area contributed by atoms with Gasteiger partial charge in [0, 0.05) is 31.8 Å². The number of hydrogen-bond donors (Lipinski definition) is 1. The van der Waals surface area contributed by atoms with E-state index in [9.17, 15) is 13.2 Å². The van der Waals surface area contributed by atoms with Crippen molar-refractivity contribution in [1.29, 1.82) is 0 Å². The van der Waals surface area contributed by atoms with E-state index in [0.717, 1.165) is 15.4 Å². The van der Waals surface area contributed by atoms with Crippen molar-refractivity contribution in [1.82, 2.24) is 9.62 Å². The highest BCUT2D eigenvalue weighted by Gasteiger charge is 2.17. The minimum atomic E-state index is -3.48. The number of amides is 1. The molecule has 0 heterocycles. The molecule has 156 valence electrons. The fraction of sp³-hybridized carbons (Fsp3) is 0.286. The van der Waals surface area contributed by atoms with Crippen LogP contribution >= 0.6 is 0 Å². The summed E-state index contributed by atoms with van der Waals surface area (Å²) in [4.78, 5) is 12.8. The first-order valence-electron chi connectivity index (χ1n) is 8.90. The van der Waals surface area contributed by atoms with Crippen LogP contribution in [-0.2, 0) is 23.0 Å². The van der Waals surface area contributed by atoms with Gasteiger partial charge >= 0.3 is 0 Å². The van der Waals surface area contributed by atoms with E-state index in [4.69, 9.17) is 9.47 Å². The van der Waals surface area contributed by atoms with Crippen LogP contribution in [0.15, 0.2) is 53.9 Å². The molecular weight excluding hydrogens is 392 g/mol. The van der Waals surface area contributed by atoms with Gasteiger partial charge < -0.3 is 14.8 Å². The molecule has 2 aromatic rings. The lowest BCUT2D eigenvalue weighted by atomic mass is 10.0. The van der Waals surface area contributed by atoms with Gasteiger partial charge in [0.05, 0.1) is 19.1 Å². The Bertz CT molecular complexity index is 983. The number of carbonyl (C=O) groups excluding carboxylic acids is 1. The summed E-state index contributed by atoms with van der Waals surface area (Å²) in [5.41, 5.74) is 2.01. The van der Waals surface area contributed by atoms with Gasteiger partial charge in [0.2, 0.25) is 10.0 Å². The van der Waals surface area contributed by atoms with Gasteiger partial charge in [-0.05, 0) is 36.2 Å². The summed E-state index contributed by atoms with van der Waals surface area (Å²) in [5.74, 6) is 0.762. The van der Waals surface area contributed by atoms with Crippen molar-refractivity contribution in [2.45, 2.75) is 17.9 Å². The van der Waals surface area contributed by atoms with Gasteiger partial charge in [0.1, 0.15) is 0 Å². The van der Waals surface area contributed by atoms with Crippen molar-refractivity contribution < 1.29 is 22.7 Å². The zero-order valence-corrected chi connectivity index (χ0v) is 17.9. The lowest BCUT2D eigenvalue weighted by Crippen LogP contribution is -2.24. The predicted molar refractivity (Wildman–Crippen MR) is 112 cm³/mol. The lowest BCUT2D eigenvalue weighted by molar-refractivity contribution is 0.0950. The summed E-state index contributed by atoms with van der Waals surface area (Å²) < 4.78 is 36.1. The molecule has 1 amide bonds. The Kier molecular flexibility index (Phi) is 7.41. The molecule has 2 rings (SSSR count). The molecule has 0 fully saturated rings. The van der Waals surface area contributed by atoms with Crippen LogP contribution in [0.25, 0.3) is 0 Å². The van der Waals surface area contributed by atoms with Crippen LogP contribution in [0, 0.1) is 0 Å². The van der Waals surface area contributed by atoms with E-state index >= 15 is 0 Å². The Labute approximate surface area is 172 Å². The van der Waals surface area contributed by atoms with Crippen molar-refractivity contribution in [3.05, 3.63) is 65.7 Å². The molecule has 0 aliphatic rings. The number of carbonyl (C=O) groups is 1. The predicted octanol–water partition coefficient (Wildman–Crippen LogP) is 2.61. The summed E-state index contributed by atoms with van der Waals surface area (Å²) >= 11 is 0. The third-order valence-electron chi connectivity index (χ3n) is 4.34. The van der Waals surface area contributed by atoms with E-state index in [2.05, 4.69) is 11.9 Å². The maximum absolute atomic E-state index is 12.6. The van der Waals surface area contributed by atoms with Gasteiger partial charge in [0.15, 0.2) is 11.5 Å². The number of benzene rings is 2. The molecule has 0 aromatic heterocycles. The van der Waals surface area contributed by atoms with Crippen molar-refractivity contribution in [3.8, 4) is 11.5 Å². The van der Waals surface area contributed by atoms with E-state index in [1.807, 2.05) is 0 Å². The Morgan fingerprint density at radius 3 is 2.31 bits per heavy atom. The van der Waals surface area contributed by atoms with Crippen LogP contribution in [0.3, 0.4) is 0 Å². The maximum atomic E-state index is 12.6. The van der Waals surface area contributed by atoms with E-state index in [0.29, 0.717) is 23.5 Å². The van der Waals surface area contributed by atoms with E-state index < -0.39 is 10.0 Å². The van der Waals surface area contributed by atoms with Gasteiger partial charge in [-0.15, -0.1) is 6.58 Å². The first-order chi connectivity index (χ1) is 13.7. The van der Waals surface area contributed by atoms with Gasteiger partial charge in [0.25, 0.3) is 5.91 Å². The molecule has 0 radical (unpaired) electrons. The largest absolute Gasteiger partial charge is 0.493 e. The number of nitrogens with zero attached hydrogens (tertiary/aromatic N) is 1. The highest BCUT2D eigenvalue weighted by molar-refractivity contribution is 7.89. The molecule has 8 heteroatoms. The average molecular weight is 419 g/mol. The van der Waals surface area contributed by atoms with Crippen molar-refractivity contribution in [2.24, 2.45) is 0 Å². The zero-order valence-electron chi connectivity index (χ0n) is 17.1. The van der Waals surface area contributed by atoms with Gasteiger partial charge in [-0.2, -0.15) is 0 Å². The molecule has 0 aliphatic carbocycles. The number of sulfonamides is 1. The summed E-state index contributed by atoms with van der Waals surface area (Å²) in [6, 6.07) is 9.76. The molecule has 0 unspecified atom stereocenters. The minimum Gasteiger partial charge on any atom is -0.493 e. The molecule has 29 heavy (non-hydrogen) atoms. The second-order valence-corrected chi connectivity index (χ2v) is 8.63. The molecule has 1 N–H and O–H groups in total. The highest BCUT2D eigenvalue weighted by atomic mass is 32.2. The molecule has 0 bridgehead atoms. The van der Waals surface area contributed by atoms with Crippen LogP contribution in [0.5, 0.6) is 11.5 Å². The summed E-state index contributed by atoms with van der Waals surface area (Å²) in [6.45, 7) is 3.99. The van der Waals surface area contributed by atoms with Crippen LogP contribution in [0.1, 0.15) is 21.5 Å². The van der Waals surface area contributed by atoms with E-state index in [1.165, 1.54) is 33.3 Å². The normalized spacial score (nSPS) is 11.2. The second-order valence-electron chi connectivity index (χ2n) is 6.48. The monoisotopic (exact) mass is 418 g/mol. The number of methoxy groups -OCH3 is 2. The molecule has 0 spiro atoms. The zero-order chi connectivity index (χ0) is 21.6. The minimum absolute atomic E-state index is 0.200. The fourth-order valence-electron chi connectivity index (χ4n) is 2.76. The molecule has 0 saturated heterocycles. The Morgan fingerprint density at radius 2 is 1.79 bits per heavy atom. The van der Waals surface area contributed by atoms with Gasteiger partial charge in [-0.25, -0.2) is 12.7 Å². The topological polar surface area (TPSA) is 84.9 Å². The standard InChI is InChI=1S/C21H26N2O5S/c1-6-7-16-12-17(13-19(27-4)20(16)28-5)21(24)22-14-15-8-10-18(11-9-15)29(25,26)23(2)3/h6,8-13H,1,7,14H2,2-5H3,(H,22,24). The first kappa shape index (κ1) is 22.4. The molecule has 0 atom stereocenters. The van der Waals surface area contributed by atoms with Crippen molar-refractivity contribution in [2.75, 3.05) is 28.3 Å². The molecule has 2 aromatic carbocycles. The summed E-state index contributed by atoms with van der Waals surface area (Å²) in [7, 11) is 2.54. The Hall–Kier alpha value is -2.84. The third-order valence-corrected chi connectivity index (χ3v) is 6.17. The molecule has 0 aliphatic heterocycles. The number of nitrogens with one attached hydrogen (secondary N) is 1. The quantitative estimate of drug-likeness (QED) is 0.633. The van der Waals surface area contributed by atoms with Gasteiger partial charge in [-0.3, -0.25) is 4.79 Å². The first-order valence-corrected chi connectivity index (χ1v) is 10.3. The molecule has 0 saturated carbocycles. The lowest BCUT2D eigenvalue weighted by Gasteiger charge is -2.14. The van der Waals surface area contributed by atoms with Crippen molar-refractivity contribution in [3.63, 3.8) is 0 Å². The van der Waals surface area contributed by atoms with Crippen LogP contribution in [0.2, 0.25) is 0 Å². The Morgan fingerprint density at radius 1 is 1.14 bits per heavy atom. The fourth-order valence-corrected chi connectivity index (χ4v) is 3.66. The highest BCUT2D eigenvalue weighted by Crippen LogP contribution is 2.33. The Balaban J connectivity index is 2.17. The molecule has 7 nitrogen and oxygen atoms in total. The summed E-state index contributed by atoms with van der Waals surface area (Å²) in [5, 5.41) is 2.83. The van der Waals surface area contributed by atoms with Crippen LogP contribution in [0.4, 0.5) is 0 Å². The van der Waals surface area contributed by atoms with E-state index in [-0.39, 0.29) is 17.3 Å². The third kappa shape index (κ3) is 5.16. The molecular formula is C21H26N2O5S.